The summed E-state index contributed by atoms with van der Waals surface area (Å²) < 4.78 is 7.74. The van der Waals surface area contributed by atoms with Gasteiger partial charge < -0.3 is 14.6 Å². The molecule has 5 rings (SSSR count). The molecule has 1 aliphatic heterocycles. The van der Waals surface area contributed by atoms with E-state index in [1.54, 1.807) is 0 Å². The number of anilines is 1. The van der Waals surface area contributed by atoms with E-state index >= 15 is 0 Å². The highest BCUT2D eigenvalue weighted by Gasteiger charge is 2.19. The number of ether oxygens (including phenoxy) is 1. The first-order valence-electron chi connectivity index (χ1n) is 11.7. The Balaban J connectivity index is 1.47. The van der Waals surface area contributed by atoms with Gasteiger partial charge in [0.25, 0.3) is 0 Å². The maximum absolute atomic E-state index is 5.49. The van der Waals surface area contributed by atoms with E-state index in [0.29, 0.717) is 6.54 Å². The number of hydrogen-bond acceptors (Lipinski definition) is 6. The van der Waals surface area contributed by atoms with Crippen molar-refractivity contribution >= 4 is 17.0 Å². The molecule has 170 valence electrons. The normalized spacial score (nSPS) is 14.6. The van der Waals surface area contributed by atoms with Crippen LogP contribution in [0.15, 0.2) is 60.7 Å². The molecule has 1 N–H and O–H groups in total. The van der Waals surface area contributed by atoms with Crippen molar-refractivity contribution in [3.63, 3.8) is 0 Å². The molecule has 1 aliphatic rings. The van der Waals surface area contributed by atoms with Gasteiger partial charge in [-0.3, -0.25) is 4.90 Å². The van der Waals surface area contributed by atoms with E-state index in [0.717, 1.165) is 80.0 Å². The Hall–Kier alpha value is -3.29. The van der Waals surface area contributed by atoms with Crippen LogP contribution >= 0.6 is 0 Å². The summed E-state index contributed by atoms with van der Waals surface area (Å²) >= 11 is 0. The van der Waals surface area contributed by atoms with Gasteiger partial charge in [0.2, 0.25) is 0 Å². The lowest BCUT2D eigenvalue weighted by Crippen LogP contribution is -2.37. The summed E-state index contributed by atoms with van der Waals surface area (Å²) in [4.78, 5) is 17.0. The number of morpholine rings is 1. The maximum Gasteiger partial charge on any atom is 0.166 e. The number of imidazole rings is 1. The van der Waals surface area contributed by atoms with Crippen molar-refractivity contribution in [2.75, 3.05) is 38.2 Å². The minimum absolute atomic E-state index is 0.691. The van der Waals surface area contributed by atoms with Gasteiger partial charge >= 0.3 is 0 Å². The SMILES string of the molecule is Cc1nc(NCc2ccccc2)c2nc(-c3ccccc3)n(CCCN3CCOCC3)c2n1. The summed E-state index contributed by atoms with van der Waals surface area (Å²) in [6.45, 7) is 8.19. The van der Waals surface area contributed by atoms with Crippen LogP contribution in [0, 0.1) is 6.92 Å². The number of hydrogen-bond donors (Lipinski definition) is 1. The van der Waals surface area contributed by atoms with Gasteiger partial charge in [-0.05, 0) is 18.9 Å². The number of nitrogens with one attached hydrogen (secondary N) is 1. The molecule has 4 aromatic rings. The van der Waals surface area contributed by atoms with Gasteiger partial charge in [0.05, 0.1) is 13.2 Å². The summed E-state index contributed by atoms with van der Waals surface area (Å²) in [5, 5.41) is 3.50. The fraction of sp³-hybridized carbons (Fsp3) is 0.346. The first kappa shape index (κ1) is 21.6. The maximum atomic E-state index is 5.49. The van der Waals surface area contributed by atoms with Crippen LogP contribution in [-0.4, -0.2) is 57.3 Å². The van der Waals surface area contributed by atoms with Crippen LogP contribution in [0.2, 0.25) is 0 Å². The molecular weight excluding hydrogens is 412 g/mol. The number of aryl methyl sites for hydroxylation is 2. The Labute approximate surface area is 194 Å². The van der Waals surface area contributed by atoms with Gasteiger partial charge in [0.15, 0.2) is 17.0 Å². The first-order valence-corrected chi connectivity index (χ1v) is 11.7. The van der Waals surface area contributed by atoms with Gasteiger partial charge in [0.1, 0.15) is 11.6 Å². The zero-order valence-corrected chi connectivity index (χ0v) is 19.1. The third kappa shape index (κ3) is 5.05. The molecule has 7 nitrogen and oxygen atoms in total. The van der Waals surface area contributed by atoms with Crippen molar-refractivity contribution in [1.82, 2.24) is 24.4 Å². The molecule has 3 heterocycles. The van der Waals surface area contributed by atoms with E-state index in [2.05, 4.69) is 63.3 Å². The standard InChI is InChI=1S/C26H30N6O/c1-20-28-24(27-19-21-9-4-2-5-10-21)23-26(29-20)32(14-8-13-31-15-17-33-18-16-31)25(30-23)22-11-6-3-7-12-22/h2-7,9-12H,8,13-19H2,1H3,(H,27,28,29). The average molecular weight is 443 g/mol. The molecule has 0 atom stereocenters. The van der Waals surface area contributed by atoms with Gasteiger partial charge in [-0.25, -0.2) is 15.0 Å². The highest BCUT2D eigenvalue weighted by atomic mass is 16.5. The summed E-state index contributed by atoms with van der Waals surface area (Å²) in [5.74, 6) is 2.47. The molecular formula is C26H30N6O. The third-order valence-electron chi connectivity index (χ3n) is 6.00. The van der Waals surface area contributed by atoms with Gasteiger partial charge in [-0.15, -0.1) is 0 Å². The molecule has 0 radical (unpaired) electrons. The fourth-order valence-electron chi connectivity index (χ4n) is 4.31. The summed E-state index contributed by atoms with van der Waals surface area (Å²) in [5.41, 5.74) is 4.00. The monoisotopic (exact) mass is 442 g/mol. The Kier molecular flexibility index (Phi) is 6.60. The second-order valence-electron chi connectivity index (χ2n) is 8.39. The van der Waals surface area contributed by atoms with Gasteiger partial charge in [0, 0.05) is 38.3 Å². The number of nitrogens with zero attached hydrogens (tertiary/aromatic N) is 5. The molecule has 0 saturated carbocycles. The summed E-state index contributed by atoms with van der Waals surface area (Å²) in [7, 11) is 0. The van der Waals surface area contributed by atoms with E-state index in [-0.39, 0.29) is 0 Å². The zero-order valence-electron chi connectivity index (χ0n) is 19.1. The highest BCUT2D eigenvalue weighted by Crippen LogP contribution is 2.28. The van der Waals surface area contributed by atoms with Crippen LogP contribution in [0.5, 0.6) is 0 Å². The Morgan fingerprint density at radius 2 is 1.61 bits per heavy atom. The molecule has 0 spiro atoms. The minimum atomic E-state index is 0.691. The van der Waals surface area contributed by atoms with Gasteiger partial charge in [-0.1, -0.05) is 60.7 Å². The molecule has 0 unspecified atom stereocenters. The van der Waals surface area contributed by atoms with E-state index in [9.17, 15) is 0 Å². The highest BCUT2D eigenvalue weighted by molar-refractivity contribution is 5.86. The molecule has 0 bridgehead atoms. The Bertz CT molecular complexity index is 1190. The van der Waals surface area contributed by atoms with Gasteiger partial charge in [-0.2, -0.15) is 0 Å². The van der Waals surface area contributed by atoms with Crippen molar-refractivity contribution in [2.24, 2.45) is 0 Å². The number of rotatable bonds is 8. The van der Waals surface area contributed by atoms with E-state index in [1.807, 2.05) is 19.1 Å². The van der Waals surface area contributed by atoms with Crippen molar-refractivity contribution in [3.05, 3.63) is 72.1 Å². The van der Waals surface area contributed by atoms with E-state index < -0.39 is 0 Å². The molecule has 2 aromatic carbocycles. The lowest BCUT2D eigenvalue weighted by molar-refractivity contribution is 0.0370. The summed E-state index contributed by atoms with van der Waals surface area (Å²) in [6, 6.07) is 20.7. The molecule has 33 heavy (non-hydrogen) atoms. The number of fused-ring (bicyclic) bond motifs is 1. The van der Waals surface area contributed by atoms with Crippen LogP contribution in [0.1, 0.15) is 17.8 Å². The van der Waals surface area contributed by atoms with Crippen molar-refractivity contribution in [2.45, 2.75) is 26.4 Å². The zero-order chi connectivity index (χ0) is 22.5. The predicted octanol–water partition coefficient (Wildman–Crippen LogP) is 4.14. The average Bonchev–Trinajstić information content (AvgIpc) is 3.23. The fourth-order valence-corrected chi connectivity index (χ4v) is 4.31. The molecule has 1 fully saturated rings. The van der Waals surface area contributed by atoms with Crippen LogP contribution in [-0.2, 0) is 17.8 Å². The molecule has 0 aliphatic carbocycles. The van der Waals surface area contributed by atoms with Crippen LogP contribution < -0.4 is 5.32 Å². The third-order valence-corrected chi connectivity index (χ3v) is 6.00. The lowest BCUT2D eigenvalue weighted by atomic mass is 10.2. The number of benzene rings is 2. The molecule has 2 aromatic heterocycles. The van der Waals surface area contributed by atoms with E-state index in [1.165, 1.54) is 5.56 Å². The first-order chi connectivity index (χ1) is 16.3. The smallest absolute Gasteiger partial charge is 0.166 e. The van der Waals surface area contributed by atoms with Crippen molar-refractivity contribution in [3.8, 4) is 11.4 Å². The molecule has 1 saturated heterocycles. The quantitative estimate of drug-likeness (QED) is 0.442. The predicted molar refractivity (Wildman–Crippen MR) is 131 cm³/mol. The Morgan fingerprint density at radius 3 is 2.36 bits per heavy atom. The lowest BCUT2D eigenvalue weighted by Gasteiger charge is -2.26. The van der Waals surface area contributed by atoms with E-state index in [4.69, 9.17) is 19.7 Å². The van der Waals surface area contributed by atoms with Crippen molar-refractivity contribution in [1.29, 1.82) is 0 Å². The second kappa shape index (κ2) is 10.1. The van der Waals surface area contributed by atoms with Crippen LogP contribution in [0.25, 0.3) is 22.6 Å². The largest absolute Gasteiger partial charge is 0.379 e. The Morgan fingerprint density at radius 1 is 0.879 bits per heavy atom. The minimum Gasteiger partial charge on any atom is -0.379 e. The van der Waals surface area contributed by atoms with Crippen LogP contribution in [0.4, 0.5) is 5.82 Å². The topological polar surface area (TPSA) is 68.1 Å². The second-order valence-corrected chi connectivity index (χ2v) is 8.39. The van der Waals surface area contributed by atoms with Crippen molar-refractivity contribution < 1.29 is 4.74 Å². The summed E-state index contributed by atoms with van der Waals surface area (Å²) in [6.07, 6.45) is 1.03. The molecule has 0 amide bonds. The number of aromatic nitrogens is 4. The van der Waals surface area contributed by atoms with Crippen LogP contribution in [0.3, 0.4) is 0 Å². The molecule has 7 heteroatoms.